The molecule has 0 aliphatic rings. The Labute approximate surface area is 167 Å². The summed E-state index contributed by atoms with van der Waals surface area (Å²) in [5.41, 5.74) is 4.43. The zero-order valence-corrected chi connectivity index (χ0v) is 17.7. The molecule has 2 rings (SSSR count). The molecule has 0 aliphatic carbocycles. The van der Waals surface area contributed by atoms with E-state index in [1.165, 1.54) is 12.1 Å². The number of hydrogen-bond acceptors (Lipinski definition) is 4. The molecule has 0 saturated heterocycles. The minimum absolute atomic E-state index is 0.123. The number of anilines is 1. The summed E-state index contributed by atoms with van der Waals surface area (Å²) in [6, 6.07) is 15.1. The van der Waals surface area contributed by atoms with E-state index in [2.05, 4.69) is 10.5 Å². The molecule has 2 aromatic rings. The normalized spacial score (nSPS) is 12.5. The maximum Gasteiger partial charge on any atom is 0.264 e. The van der Waals surface area contributed by atoms with Crippen LogP contribution in [0, 0.1) is 12.3 Å². The lowest BCUT2D eigenvalue weighted by Crippen LogP contribution is -2.40. The highest BCUT2D eigenvalue weighted by atomic mass is 32.2. The smallest absolute Gasteiger partial charge is 0.264 e. The second-order valence-electron chi connectivity index (χ2n) is 7.64. The molecule has 0 heterocycles. The molecule has 0 fully saturated rings. The third kappa shape index (κ3) is 5.42. The maximum atomic E-state index is 13.2. The van der Waals surface area contributed by atoms with Crippen LogP contribution < -0.4 is 9.73 Å². The van der Waals surface area contributed by atoms with Gasteiger partial charge in [-0.25, -0.2) is 13.8 Å². The van der Waals surface area contributed by atoms with Crippen LogP contribution in [0.5, 0.6) is 0 Å². The minimum atomic E-state index is -3.90. The molecule has 0 bridgehead atoms. The first-order chi connectivity index (χ1) is 13.0. The number of carbonyl (C=O) groups is 1. The van der Waals surface area contributed by atoms with Gasteiger partial charge in [0.15, 0.2) is 0 Å². The van der Waals surface area contributed by atoms with Crippen LogP contribution in [0.15, 0.2) is 64.6 Å². The Morgan fingerprint density at radius 3 is 2.14 bits per heavy atom. The summed E-state index contributed by atoms with van der Waals surface area (Å²) < 4.78 is 27.4. The van der Waals surface area contributed by atoms with Crippen molar-refractivity contribution in [1.29, 1.82) is 0 Å². The molecule has 1 N–H and O–H groups in total. The first-order valence-electron chi connectivity index (χ1n) is 9.00. The second-order valence-corrected chi connectivity index (χ2v) is 9.50. The van der Waals surface area contributed by atoms with Crippen molar-refractivity contribution in [3.05, 3.63) is 60.2 Å². The third-order valence-electron chi connectivity index (χ3n) is 4.37. The molecule has 28 heavy (non-hydrogen) atoms. The van der Waals surface area contributed by atoms with Crippen LogP contribution in [-0.2, 0) is 14.8 Å². The van der Waals surface area contributed by atoms with E-state index in [9.17, 15) is 13.2 Å². The van der Waals surface area contributed by atoms with Crippen LogP contribution in [0.1, 0.15) is 33.3 Å². The summed E-state index contributed by atoms with van der Waals surface area (Å²) in [7, 11) is -3.90. The molecule has 0 atom stereocenters. The van der Waals surface area contributed by atoms with Crippen molar-refractivity contribution in [2.75, 3.05) is 10.8 Å². The van der Waals surface area contributed by atoms with E-state index in [1.807, 2.05) is 46.8 Å². The highest BCUT2D eigenvalue weighted by molar-refractivity contribution is 7.92. The number of sulfonamides is 1. The van der Waals surface area contributed by atoms with E-state index in [0.717, 1.165) is 15.6 Å². The Morgan fingerprint density at radius 2 is 1.61 bits per heavy atom. The average Bonchev–Trinajstić information content (AvgIpc) is 2.65. The van der Waals surface area contributed by atoms with Gasteiger partial charge in [0.25, 0.3) is 15.9 Å². The molecule has 0 aliphatic heterocycles. The largest absolute Gasteiger partial charge is 0.271 e. The number of aryl methyl sites for hydroxylation is 1. The summed E-state index contributed by atoms with van der Waals surface area (Å²) in [5, 5.41) is 4.11. The molecule has 0 unspecified atom stereocenters. The van der Waals surface area contributed by atoms with Gasteiger partial charge in [0.05, 0.1) is 10.6 Å². The van der Waals surface area contributed by atoms with Gasteiger partial charge >= 0.3 is 0 Å². The van der Waals surface area contributed by atoms with Gasteiger partial charge in [-0.05, 0) is 38.1 Å². The molecule has 0 radical (unpaired) electrons. The molecular weight excluding hydrogens is 374 g/mol. The highest BCUT2D eigenvalue weighted by Crippen LogP contribution is 2.24. The van der Waals surface area contributed by atoms with Crippen molar-refractivity contribution in [2.24, 2.45) is 10.5 Å². The van der Waals surface area contributed by atoms with Crippen molar-refractivity contribution in [3.8, 4) is 0 Å². The van der Waals surface area contributed by atoms with Gasteiger partial charge in [-0.15, -0.1) is 0 Å². The number of carbonyl (C=O) groups excluding carboxylic acids is 1. The quantitative estimate of drug-likeness (QED) is 0.592. The molecule has 6 nitrogen and oxygen atoms in total. The zero-order valence-electron chi connectivity index (χ0n) is 16.9. The highest BCUT2D eigenvalue weighted by Gasteiger charge is 2.27. The van der Waals surface area contributed by atoms with Gasteiger partial charge < -0.3 is 0 Å². The Bertz CT molecular complexity index is 945. The van der Waals surface area contributed by atoms with Gasteiger partial charge in [0.2, 0.25) is 0 Å². The van der Waals surface area contributed by atoms with Crippen LogP contribution >= 0.6 is 0 Å². The van der Waals surface area contributed by atoms with Crippen LogP contribution in [0.25, 0.3) is 0 Å². The predicted octanol–water partition coefficient (Wildman–Crippen LogP) is 3.73. The Hall–Kier alpha value is -2.67. The fourth-order valence-electron chi connectivity index (χ4n) is 2.23. The maximum absolute atomic E-state index is 13.2. The Balaban J connectivity index is 2.35. The zero-order chi connectivity index (χ0) is 20.9. The van der Waals surface area contributed by atoms with Gasteiger partial charge in [-0.2, -0.15) is 5.10 Å². The number of amides is 1. The summed E-state index contributed by atoms with van der Waals surface area (Å²) in [4.78, 5) is 12.6. The van der Waals surface area contributed by atoms with Crippen LogP contribution in [0.4, 0.5) is 5.69 Å². The van der Waals surface area contributed by atoms with Crippen molar-refractivity contribution in [2.45, 2.75) is 39.5 Å². The van der Waals surface area contributed by atoms with E-state index in [4.69, 9.17) is 0 Å². The van der Waals surface area contributed by atoms with E-state index < -0.39 is 15.9 Å². The monoisotopic (exact) mass is 401 g/mol. The lowest BCUT2D eigenvalue weighted by molar-refractivity contribution is -0.119. The fraction of sp³-hybridized carbons (Fsp3) is 0.333. The first kappa shape index (κ1) is 21.6. The third-order valence-corrected chi connectivity index (χ3v) is 6.16. The van der Waals surface area contributed by atoms with Gasteiger partial charge in [-0.1, -0.05) is 56.7 Å². The van der Waals surface area contributed by atoms with E-state index in [-0.39, 0.29) is 16.9 Å². The molecule has 0 spiro atoms. The number of nitrogens with zero attached hydrogens (tertiary/aromatic N) is 2. The van der Waals surface area contributed by atoms with E-state index in [1.54, 1.807) is 30.3 Å². The molecular formula is C21H27N3O3S. The molecule has 2 aromatic carbocycles. The Morgan fingerprint density at radius 1 is 1.04 bits per heavy atom. The molecule has 150 valence electrons. The number of hydrogen-bond donors (Lipinski definition) is 1. The number of rotatable bonds is 6. The van der Waals surface area contributed by atoms with Crippen molar-refractivity contribution >= 4 is 27.3 Å². The topological polar surface area (TPSA) is 78.8 Å². The van der Waals surface area contributed by atoms with Crippen molar-refractivity contribution in [3.63, 3.8) is 0 Å². The van der Waals surface area contributed by atoms with Gasteiger partial charge in [-0.3, -0.25) is 9.10 Å². The Kier molecular flexibility index (Phi) is 6.61. The van der Waals surface area contributed by atoms with Gasteiger partial charge in [0.1, 0.15) is 6.54 Å². The van der Waals surface area contributed by atoms with E-state index in [0.29, 0.717) is 5.69 Å². The first-order valence-corrected chi connectivity index (χ1v) is 10.4. The lowest BCUT2D eigenvalue weighted by atomic mass is 9.91. The van der Waals surface area contributed by atoms with Crippen LogP contribution in [0.3, 0.4) is 0 Å². The van der Waals surface area contributed by atoms with Crippen molar-refractivity contribution in [1.82, 2.24) is 5.43 Å². The molecule has 0 saturated carbocycles. The minimum Gasteiger partial charge on any atom is -0.271 e. The second kappa shape index (κ2) is 8.56. The van der Waals surface area contributed by atoms with E-state index >= 15 is 0 Å². The van der Waals surface area contributed by atoms with Crippen molar-refractivity contribution < 1.29 is 13.2 Å². The SMILES string of the molecule is C/C(=N/NC(=O)CN(c1ccc(C)cc1)S(=O)(=O)c1ccccc1)C(C)(C)C. The standard InChI is InChI=1S/C21H27N3O3S/c1-16-11-13-18(14-12-16)24(28(26,27)19-9-7-6-8-10-19)15-20(25)23-22-17(2)21(3,4)5/h6-14H,15H2,1-5H3,(H,23,25)/b22-17-. The average molecular weight is 402 g/mol. The summed E-state index contributed by atoms with van der Waals surface area (Å²) >= 11 is 0. The number of nitrogens with one attached hydrogen (secondary N) is 1. The van der Waals surface area contributed by atoms with Gasteiger partial charge in [0, 0.05) is 11.1 Å². The fourth-order valence-corrected chi connectivity index (χ4v) is 3.67. The number of benzene rings is 2. The summed E-state index contributed by atoms with van der Waals surface area (Å²) in [5.74, 6) is -0.510. The molecule has 1 amide bonds. The number of hydrazone groups is 1. The van der Waals surface area contributed by atoms with Crippen LogP contribution in [-0.4, -0.2) is 26.6 Å². The summed E-state index contributed by atoms with van der Waals surface area (Å²) in [6.45, 7) is 9.31. The molecule has 0 aromatic heterocycles. The lowest BCUT2D eigenvalue weighted by Gasteiger charge is -2.24. The van der Waals surface area contributed by atoms with Crippen LogP contribution in [0.2, 0.25) is 0 Å². The molecule has 7 heteroatoms. The summed E-state index contributed by atoms with van der Waals surface area (Å²) in [6.07, 6.45) is 0. The predicted molar refractivity (Wildman–Crippen MR) is 113 cm³/mol.